The monoisotopic (exact) mass is 319 g/mol. The van der Waals surface area contributed by atoms with E-state index in [4.69, 9.17) is 4.74 Å². The van der Waals surface area contributed by atoms with E-state index in [1.807, 2.05) is 6.07 Å². The molecule has 0 amide bonds. The van der Waals surface area contributed by atoms with E-state index in [0.29, 0.717) is 17.4 Å². The van der Waals surface area contributed by atoms with Crippen molar-refractivity contribution in [2.24, 2.45) is 0 Å². The zero-order valence-corrected chi connectivity index (χ0v) is 13.2. The van der Waals surface area contributed by atoms with Gasteiger partial charge in [-0.15, -0.1) is 0 Å². The average Bonchev–Trinajstić information content (AvgIpc) is 3.30. The van der Waals surface area contributed by atoms with Gasteiger partial charge in [-0.25, -0.2) is 18.4 Å². The minimum Gasteiger partial charge on any atom is -0.496 e. The van der Waals surface area contributed by atoms with Gasteiger partial charge in [0.25, 0.3) is 0 Å². The summed E-state index contributed by atoms with van der Waals surface area (Å²) in [6.45, 7) is 0. The maximum absolute atomic E-state index is 11.3. The fourth-order valence-corrected chi connectivity index (χ4v) is 2.98. The maximum atomic E-state index is 11.3. The van der Waals surface area contributed by atoms with Crippen molar-refractivity contribution in [1.29, 1.82) is 0 Å². The highest BCUT2D eigenvalue weighted by atomic mass is 32.2. The predicted molar refractivity (Wildman–Crippen MR) is 84.5 cm³/mol. The Morgan fingerprint density at radius 3 is 2.68 bits per heavy atom. The van der Waals surface area contributed by atoms with Gasteiger partial charge in [0.2, 0.25) is 10.0 Å². The van der Waals surface area contributed by atoms with Crippen LogP contribution in [0, 0.1) is 0 Å². The molecule has 22 heavy (non-hydrogen) atoms. The summed E-state index contributed by atoms with van der Waals surface area (Å²) >= 11 is 0. The molecule has 0 spiro atoms. The fraction of sp³-hybridized carbons (Fsp3) is 0.333. The molecular weight excluding hydrogens is 302 g/mol. The molecule has 0 saturated heterocycles. The van der Waals surface area contributed by atoms with Crippen LogP contribution in [0.4, 0.5) is 5.69 Å². The molecule has 0 radical (unpaired) electrons. The highest BCUT2D eigenvalue weighted by Crippen LogP contribution is 2.44. The second-order valence-corrected chi connectivity index (χ2v) is 7.13. The Kier molecular flexibility index (Phi) is 3.74. The first-order valence-corrected chi connectivity index (χ1v) is 8.83. The zero-order chi connectivity index (χ0) is 15.7. The SMILES string of the molecule is COc1cc(NS(C)(=O)=O)ccc1-c1cncnc1C1CC1. The average molecular weight is 319 g/mol. The summed E-state index contributed by atoms with van der Waals surface area (Å²) < 4.78 is 30.5. The Labute approximate surface area is 129 Å². The molecule has 1 N–H and O–H groups in total. The molecule has 1 aliphatic carbocycles. The Balaban J connectivity index is 2.04. The summed E-state index contributed by atoms with van der Waals surface area (Å²) in [6, 6.07) is 5.21. The lowest BCUT2D eigenvalue weighted by Crippen LogP contribution is -2.09. The van der Waals surface area contributed by atoms with E-state index >= 15 is 0 Å². The molecule has 7 heteroatoms. The van der Waals surface area contributed by atoms with Gasteiger partial charge in [0.1, 0.15) is 12.1 Å². The number of aromatic nitrogens is 2. The van der Waals surface area contributed by atoms with Crippen LogP contribution >= 0.6 is 0 Å². The first kappa shape index (κ1) is 14.8. The molecule has 0 aliphatic heterocycles. The summed E-state index contributed by atoms with van der Waals surface area (Å²) in [5.74, 6) is 1.07. The van der Waals surface area contributed by atoms with Gasteiger partial charge in [-0.2, -0.15) is 0 Å². The van der Waals surface area contributed by atoms with Crippen molar-refractivity contribution < 1.29 is 13.2 Å². The topological polar surface area (TPSA) is 81.2 Å². The zero-order valence-electron chi connectivity index (χ0n) is 12.4. The van der Waals surface area contributed by atoms with Crippen molar-refractivity contribution >= 4 is 15.7 Å². The lowest BCUT2D eigenvalue weighted by molar-refractivity contribution is 0.416. The molecule has 0 atom stereocenters. The van der Waals surface area contributed by atoms with Crippen LogP contribution in [-0.4, -0.2) is 31.8 Å². The standard InChI is InChI=1S/C15H17N3O3S/c1-21-14-7-11(18-22(2,19)20)5-6-12(14)13-8-16-9-17-15(13)10-3-4-10/h5-10,18H,3-4H2,1-2H3. The minimum atomic E-state index is -3.32. The number of anilines is 1. The molecule has 3 rings (SSSR count). The van der Waals surface area contributed by atoms with Crippen LogP contribution in [0.3, 0.4) is 0 Å². The van der Waals surface area contributed by atoms with Crippen LogP contribution in [0.5, 0.6) is 5.75 Å². The number of hydrogen-bond donors (Lipinski definition) is 1. The maximum Gasteiger partial charge on any atom is 0.229 e. The Morgan fingerprint density at radius 1 is 1.27 bits per heavy atom. The van der Waals surface area contributed by atoms with Gasteiger partial charge in [-0.1, -0.05) is 0 Å². The summed E-state index contributed by atoms with van der Waals surface area (Å²) in [7, 11) is -1.76. The van der Waals surface area contributed by atoms with Gasteiger partial charge in [0.15, 0.2) is 0 Å². The third kappa shape index (κ3) is 3.19. The molecule has 116 valence electrons. The smallest absolute Gasteiger partial charge is 0.229 e. The van der Waals surface area contributed by atoms with Crippen molar-refractivity contribution in [1.82, 2.24) is 9.97 Å². The first-order valence-electron chi connectivity index (χ1n) is 6.94. The normalized spacial score (nSPS) is 14.6. The lowest BCUT2D eigenvalue weighted by Gasteiger charge is -2.13. The van der Waals surface area contributed by atoms with E-state index in [9.17, 15) is 8.42 Å². The van der Waals surface area contributed by atoms with E-state index < -0.39 is 10.0 Å². The number of nitrogens with one attached hydrogen (secondary N) is 1. The molecule has 0 bridgehead atoms. The van der Waals surface area contributed by atoms with E-state index in [0.717, 1.165) is 35.9 Å². The molecule has 1 aromatic heterocycles. The summed E-state index contributed by atoms with van der Waals surface area (Å²) in [6.07, 6.45) is 6.73. The third-order valence-corrected chi connectivity index (χ3v) is 4.11. The number of nitrogens with zero attached hydrogens (tertiary/aromatic N) is 2. The highest BCUT2D eigenvalue weighted by Gasteiger charge is 2.28. The first-order chi connectivity index (χ1) is 10.5. The van der Waals surface area contributed by atoms with Gasteiger partial charge in [-0.05, 0) is 25.0 Å². The number of benzene rings is 1. The van der Waals surface area contributed by atoms with Crippen molar-refractivity contribution in [3.63, 3.8) is 0 Å². The fourth-order valence-electron chi connectivity index (χ4n) is 2.42. The third-order valence-electron chi connectivity index (χ3n) is 3.50. The molecule has 1 fully saturated rings. The van der Waals surface area contributed by atoms with Gasteiger partial charge >= 0.3 is 0 Å². The van der Waals surface area contributed by atoms with E-state index in [1.54, 1.807) is 31.8 Å². The quantitative estimate of drug-likeness (QED) is 0.915. The largest absolute Gasteiger partial charge is 0.496 e. The number of rotatable bonds is 5. The van der Waals surface area contributed by atoms with Crippen molar-refractivity contribution in [2.45, 2.75) is 18.8 Å². The Hall–Kier alpha value is -2.15. The van der Waals surface area contributed by atoms with Crippen molar-refractivity contribution in [2.75, 3.05) is 18.1 Å². The Bertz CT molecular complexity index is 801. The molecule has 2 aromatic rings. The second-order valence-electron chi connectivity index (χ2n) is 5.39. The van der Waals surface area contributed by atoms with Crippen LogP contribution in [-0.2, 0) is 10.0 Å². The van der Waals surface area contributed by atoms with Crippen molar-refractivity contribution in [3.8, 4) is 16.9 Å². The minimum absolute atomic E-state index is 0.466. The van der Waals surface area contributed by atoms with Crippen LogP contribution in [0.2, 0.25) is 0 Å². The van der Waals surface area contributed by atoms with E-state index in [1.165, 1.54) is 0 Å². The van der Waals surface area contributed by atoms with Crippen LogP contribution in [0.25, 0.3) is 11.1 Å². The molecule has 1 aromatic carbocycles. The Morgan fingerprint density at radius 2 is 2.05 bits per heavy atom. The van der Waals surface area contributed by atoms with Crippen LogP contribution in [0.1, 0.15) is 24.5 Å². The molecule has 0 unspecified atom stereocenters. The number of ether oxygens (including phenoxy) is 1. The van der Waals surface area contributed by atoms with Crippen molar-refractivity contribution in [3.05, 3.63) is 36.4 Å². The predicted octanol–water partition coefficient (Wildman–Crippen LogP) is 2.40. The van der Waals surface area contributed by atoms with Gasteiger partial charge in [0.05, 0.1) is 24.7 Å². The highest BCUT2D eigenvalue weighted by molar-refractivity contribution is 7.92. The van der Waals surface area contributed by atoms with Gasteiger partial charge < -0.3 is 4.74 Å². The molecule has 1 saturated carbocycles. The van der Waals surface area contributed by atoms with Gasteiger partial charge in [-0.3, -0.25) is 4.72 Å². The molecule has 1 heterocycles. The van der Waals surface area contributed by atoms with E-state index in [2.05, 4.69) is 14.7 Å². The second kappa shape index (κ2) is 5.57. The molecular formula is C15H17N3O3S. The lowest BCUT2D eigenvalue weighted by atomic mass is 10.0. The number of methoxy groups -OCH3 is 1. The van der Waals surface area contributed by atoms with Crippen LogP contribution in [0.15, 0.2) is 30.7 Å². The van der Waals surface area contributed by atoms with Gasteiger partial charge in [0, 0.05) is 29.3 Å². The van der Waals surface area contributed by atoms with E-state index in [-0.39, 0.29) is 0 Å². The van der Waals surface area contributed by atoms with Crippen LogP contribution < -0.4 is 9.46 Å². The summed E-state index contributed by atoms with van der Waals surface area (Å²) in [5, 5.41) is 0. The summed E-state index contributed by atoms with van der Waals surface area (Å²) in [4.78, 5) is 8.51. The number of sulfonamides is 1. The number of hydrogen-bond acceptors (Lipinski definition) is 5. The molecule has 1 aliphatic rings. The molecule has 6 nitrogen and oxygen atoms in total. The summed E-state index contributed by atoms with van der Waals surface area (Å²) in [5.41, 5.74) is 3.29.